The molecular weight excluding hydrogens is 449 g/mol. The summed E-state index contributed by atoms with van der Waals surface area (Å²) in [6, 6.07) is 20.3. The molecule has 0 unspecified atom stereocenters. The van der Waals surface area contributed by atoms with Gasteiger partial charge in [-0.05, 0) is 57.9 Å². The van der Waals surface area contributed by atoms with Crippen molar-refractivity contribution in [3.05, 3.63) is 92.4 Å². The Kier molecular flexibility index (Phi) is 6.78. The minimum absolute atomic E-state index is 0.245. The van der Waals surface area contributed by atoms with Crippen molar-refractivity contribution >= 4 is 50.7 Å². The quantitative estimate of drug-likeness (QED) is 0.444. The minimum Gasteiger partial charge on any atom is -0.492 e. The van der Waals surface area contributed by atoms with Crippen LogP contribution in [0.5, 0.6) is 5.75 Å². The van der Waals surface area contributed by atoms with E-state index in [0.29, 0.717) is 33.7 Å². The second-order valence-corrected chi connectivity index (χ2v) is 7.48. The summed E-state index contributed by atoms with van der Waals surface area (Å²) in [5.41, 5.74) is 2.29. The molecule has 0 aliphatic heterocycles. The van der Waals surface area contributed by atoms with Gasteiger partial charge in [0.25, 0.3) is 5.91 Å². The first-order valence-corrected chi connectivity index (χ1v) is 9.80. The molecule has 138 valence electrons. The second-order valence-electron chi connectivity index (χ2n) is 5.81. The van der Waals surface area contributed by atoms with Crippen LogP contribution in [0.3, 0.4) is 0 Å². The monoisotopic (exact) mass is 463 g/mol. The predicted octanol–water partition coefficient (Wildman–Crippen LogP) is 6.63. The van der Waals surface area contributed by atoms with Crippen LogP contribution < -0.4 is 10.1 Å². The van der Waals surface area contributed by atoms with Crippen LogP contribution in [0.25, 0.3) is 0 Å². The summed E-state index contributed by atoms with van der Waals surface area (Å²) < 4.78 is 6.53. The van der Waals surface area contributed by atoms with E-state index in [9.17, 15) is 4.79 Å². The van der Waals surface area contributed by atoms with Gasteiger partial charge in [0.1, 0.15) is 5.75 Å². The molecule has 0 saturated heterocycles. The number of carbonyl (C=O) groups is 1. The maximum absolute atomic E-state index is 12.4. The average Bonchev–Trinajstić information content (AvgIpc) is 2.67. The van der Waals surface area contributed by atoms with Crippen molar-refractivity contribution in [2.24, 2.45) is 0 Å². The van der Waals surface area contributed by atoms with E-state index in [1.807, 2.05) is 18.2 Å². The Balaban J connectivity index is 1.61. The SMILES string of the molecule is O=C(Nc1ccc(Cl)c(Cl)c1)c1ccc(OCCc2ccccc2)c(Br)c1. The number of rotatable bonds is 6. The van der Waals surface area contributed by atoms with Crippen LogP contribution in [0.2, 0.25) is 10.0 Å². The summed E-state index contributed by atoms with van der Waals surface area (Å²) in [4.78, 5) is 12.4. The van der Waals surface area contributed by atoms with Crippen LogP contribution >= 0.6 is 39.1 Å². The number of anilines is 1. The normalized spacial score (nSPS) is 10.5. The highest BCUT2D eigenvalue weighted by Gasteiger charge is 2.11. The van der Waals surface area contributed by atoms with Gasteiger partial charge in [-0.25, -0.2) is 0 Å². The molecule has 6 heteroatoms. The molecule has 27 heavy (non-hydrogen) atoms. The molecule has 1 amide bonds. The molecule has 0 fully saturated rings. The van der Waals surface area contributed by atoms with Crippen molar-refractivity contribution in [2.75, 3.05) is 11.9 Å². The number of ether oxygens (including phenoxy) is 1. The Labute approximate surface area is 176 Å². The first-order chi connectivity index (χ1) is 13.0. The molecule has 0 saturated carbocycles. The maximum atomic E-state index is 12.4. The molecule has 0 aliphatic carbocycles. The summed E-state index contributed by atoms with van der Waals surface area (Å²) in [5, 5.41) is 3.62. The molecule has 0 aromatic heterocycles. The molecule has 1 N–H and O–H groups in total. The minimum atomic E-state index is -0.245. The van der Waals surface area contributed by atoms with Gasteiger partial charge in [-0.15, -0.1) is 0 Å². The van der Waals surface area contributed by atoms with Gasteiger partial charge >= 0.3 is 0 Å². The number of hydrogen-bond donors (Lipinski definition) is 1. The smallest absolute Gasteiger partial charge is 0.255 e. The van der Waals surface area contributed by atoms with E-state index in [2.05, 4.69) is 33.4 Å². The third kappa shape index (κ3) is 5.48. The zero-order valence-corrected chi connectivity index (χ0v) is 17.3. The highest BCUT2D eigenvalue weighted by atomic mass is 79.9. The molecule has 3 aromatic carbocycles. The first-order valence-electron chi connectivity index (χ1n) is 8.25. The fraction of sp³-hybridized carbons (Fsp3) is 0.0952. The lowest BCUT2D eigenvalue weighted by molar-refractivity contribution is 0.102. The van der Waals surface area contributed by atoms with Crippen LogP contribution in [0.4, 0.5) is 5.69 Å². The number of carbonyl (C=O) groups excluding carboxylic acids is 1. The Morgan fingerprint density at radius 1 is 0.963 bits per heavy atom. The number of amides is 1. The molecule has 0 bridgehead atoms. The number of nitrogens with one attached hydrogen (secondary N) is 1. The third-order valence-corrected chi connectivity index (χ3v) is 5.22. The standard InChI is InChI=1S/C21H16BrCl2NO2/c22-17-12-15(21(26)25-16-7-8-18(23)19(24)13-16)6-9-20(17)27-11-10-14-4-2-1-3-5-14/h1-9,12-13H,10-11H2,(H,25,26). The Bertz CT molecular complexity index is 948. The van der Waals surface area contributed by atoms with Gasteiger partial charge < -0.3 is 10.1 Å². The molecule has 0 atom stereocenters. The molecular formula is C21H16BrCl2NO2. The predicted molar refractivity (Wildman–Crippen MR) is 114 cm³/mol. The summed E-state index contributed by atoms with van der Waals surface area (Å²) in [5.74, 6) is 0.446. The van der Waals surface area contributed by atoms with Crippen LogP contribution in [0.15, 0.2) is 71.2 Å². The van der Waals surface area contributed by atoms with Crippen molar-refractivity contribution in [1.82, 2.24) is 0 Å². The Morgan fingerprint density at radius 3 is 2.44 bits per heavy atom. The van der Waals surface area contributed by atoms with E-state index in [1.165, 1.54) is 5.56 Å². The van der Waals surface area contributed by atoms with Crippen LogP contribution in [0.1, 0.15) is 15.9 Å². The van der Waals surface area contributed by atoms with E-state index < -0.39 is 0 Å². The average molecular weight is 465 g/mol. The maximum Gasteiger partial charge on any atom is 0.255 e. The fourth-order valence-corrected chi connectivity index (χ4v) is 3.25. The topological polar surface area (TPSA) is 38.3 Å². The van der Waals surface area contributed by atoms with Gasteiger partial charge in [-0.2, -0.15) is 0 Å². The van der Waals surface area contributed by atoms with E-state index >= 15 is 0 Å². The van der Waals surface area contributed by atoms with Crippen molar-refractivity contribution in [2.45, 2.75) is 6.42 Å². The van der Waals surface area contributed by atoms with E-state index in [4.69, 9.17) is 27.9 Å². The van der Waals surface area contributed by atoms with Gasteiger partial charge in [0.15, 0.2) is 0 Å². The lowest BCUT2D eigenvalue weighted by atomic mass is 10.1. The fourth-order valence-electron chi connectivity index (χ4n) is 2.46. The lowest BCUT2D eigenvalue weighted by Crippen LogP contribution is -2.12. The van der Waals surface area contributed by atoms with E-state index in [1.54, 1.807) is 36.4 Å². The molecule has 3 nitrogen and oxygen atoms in total. The van der Waals surface area contributed by atoms with Crippen LogP contribution in [-0.4, -0.2) is 12.5 Å². The van der Waals surface area contributed by atoms with E-state index in [-0.39, 0.29) is 5.91 Å². The number of halogens is 3. The van der Waals surface area contributed by atoms with Crippen molar-refractivity contribution in [3.63, 3.8) is 0 Å². The zero-order valence-electron chi connectivity index (χ0n) is 14.2. The number of benzene rings is 3. The highest BCUT2D eigenvalue weighted by molar-refractivity contribution is 9.10. The first kappa shape index (κ1) is 19.7. The van der Waals surface area contributed by atoms with Gasteiger partial charge in [0.2, 0.25) is 0 Å². The Hall–Kier alpha value is -2.01. The summed E-state index contributed by atoms with van der Waals surface area (Å²) in [7, 11) is 0. The highest BCUT2D eigenvalue weighted by Crippen LogP contribution is 2.28. The molecule has 0 heterocycles. The molecule has 3 aromatic rings. The third-order valence-electron chi connectivity index (χ3n) is 3.86. The van der Waals surface area contributed by atoms with Crippen LogP contribution in [0, 0.1) is 0 Å². The van der Waals surface area contributed by atoms with E-state index in [0.717, 1.165) is 10.9 Å². The second kappa shape index (κ2) is 9.27. The molecule has 3 rings (SSSR count). The van der Waals surface area contributed by atoms with Crippen molar-refractivity contribution in [3.8, 4) is 5.75 Å². The molecule has 0 aliphatic rings. The molecule has 0 radical (unpaired) electrons. The Morgan fingerprint density at radius 2 is 1.74 bits per heavy atom. The lowest BCUT2D eigenvalue weighted by Gasteiger charge is -2.11. The van der Waals surface area contributed by atoms with Gasteiger partial charge in [-0.3, -0.25) is 4.79 Å². The number of hydrogen-bond acceptors (Lipinski definition) is 2. The molecule has 0 spiro atoms. The van der Waals surface area contributed by atoms with Gasteiger partial charge in [-0.1, -0.05) is 53.5 Å². The van der Waals surface area contributed by atoms with Gasteiger partial charge in [0, 0.05) is 17.7 Å². The largest absolute Gasteiger partial charge is 0.492 e. The van der Waals surface area contributed by atoms with Crippen molar-refractivity contribution in [1.29, 1.82) is 0 Å². The summed E-state index contributed by atoms with van der Waals surface area (Å²) in [6.45, 7) is 0.553. The zero-order chi connectivity index (χ0) is 19.2. The summed E-state index contributed by atoms with van der Waals surface area (Å²) >= 11 is 15.3. The van der Waals surface area contributed by atoms with Gasteiger partial charge in [0.05, 0.1) is 21.1 Å². The summed E-state index contributed by atoms with van der Waals surface area (Å²) in [6.07, 6.45) is 0.812. The van der Waals surface area contributed by atoms with Crippen molar-refractivity contribution < 1.29 is 9.53 Å². The van der Waals surface area contributed by atoms with Crippen LogP contribution in [-0.2, 0) is 6.42 Å².